The van der Waals surface area contributed by atoms with E-state index < -0.39 is 11.8 Å². The molecule has 5 rings (SSSR count). The van der Waals surface area contributed by atoms with Crippen molar-refractivity contribution in [3.05, 3.63) is 102 Å². The number of anilines is 1. The second kappa shape index (κ2) is 9.64. The minimum Gasteiger partial charge on any atom is -0.326 e. The number of aromatic nitrogens is 2. The van der Waals surface area contributed by atoms with Crippen LogP contribution in [-0.4, -0.2) is 27.5 Å². The number of nitrogens with zero attached hydrogens (tertiary/aromatic N) is 2. The Balaban J connectivity index is 1.29. The van der Waals surface area contributed by atoms with Crippen molar-refractivity contribution in [3.63, 3.8) is 0 Å². The van der Waals surface area contributed by atoms with Crippen LogP contribution < -0.4 is 16.2 Å². The van der Waals surface area contributed by atoms with Crippen molar-refractivity contribution >= 4 is 23.4 Å². The molecule has 0 atom stereocenters. The molecular formula is C27H23N5O3. The van der Waals surface area contributed by atoms with E-state index in [4.69, 9.17) is 0 Å². The highest BCUT2D eigenvalue weighted by molar-refractivity contribution is 6.02. The van der Waals surface area contributed by atoms with Crippen LogP contribution in [0.5, 0.6) is 0 Å². The Bertz CT molecular complexity index is 1360. The first-order valence-corrected chi connectivity index (χ1v) is 11.3. The van der Waals surface area contributed by atoms with Gasteiger partial charge in [-0.15, -0.1) is 0 Å². The third-order valence-electron chi connectivity index (χ3n) is 5.68. The maximum Gasteiger partial charge on any atom is 0.273 e. The number of carbonyl (C=O) groups excluding carboxylic acids is 3. The van der Waals surface area contributed by atoms with E-state index in [0.29, 0.717) is 22.5 Å². The third kappa shape index (κ3) is 5.11. The lowest BCUT2D eigenvalue weighted by molar-refractivity contribution is -0.117. The Morgan fingerprint density at radius 1 is 0.771 bits per heavy atom. The zero-order valence-electron chi connectivity index (χ0n) is 18.8. The maximum atomic E-state index is 13.0. The summed E-state index contributed by atoms with van der Waals surface area (Å²) in [7, 11) is 0. The van der Waals surface area contributed by atoms with Crippen LogP contribution in [-0.2, 0) is 4.79 Å². The molecule has 0 saturated heterocycles. The molecule has 1 fully saturated rings. The van der Waals surface area contributed by atoms with E-state index in [0.717, 1.165) is 24.1 Å². The van der Waals surface area contributed by atoms with Crippen LogP contribution in [0.1, 0.15) is 33.6 Å². The van der Waals surface area contributed by atoms with Crippen LogP contribution in [0.25, 0.3) is 16.9 Å². The van der Waals surface area contributed by atoms with Crippen LogP contribution in [0.15, 0.2) is 91.1 Å². The molecule has 3 aromatic carbocycles. The number of nitrogens with one attached hydrogen (secondary N) is 3. The second-order valence-electron chi connectivity index (χ2n) is 8.29. The average molecular weight is 466 g/mol. The molecule has 0 radical (unpaired) electrons. The van der Waals surface area contributed by atoms with Gasteiger partial charge in [-0.25, -0.2) is 4.68 Å². The fourth-order valence-electron chi connectivity index (χ4n) is 3.61. The smallest absolute Gasteiger partial charge is 0.273 e. The van der Waals surface area contributed by atoms with Crippen LogP contribution >= 0.6 is 0 Å². The lowest BCUT2D eigenvalue weighted by atomic mass is 10.1. The molecule has 35 heavy (non-hydrogen) atoms. The Hall–Kier alpha value is -4.72. The van der Waals surface area contributed by atoms with Crippen molar-refractivity contribution in [3.8, 4) is 16.9 Å². The zero-order chi connectivity index (χ0) is 24.2. The van der Waals surface area contributed by atoms with Gasteiger partial charge in [0.2, 0.25) is 5.91 Å². The molecule has 4 aromatic rings. The van der Waals surface area contributed by atoms with Crippen LogP contribution in [0.2, 0.25) is 0 Å². The number of benzene rings is 3. The quantitative estimate of drug-likeness (QED) is 0.375. The summed E-state index contributed by atoms with van der Waals surface area (Å²) in [6, 6.07) is 25.3. The molecule has 8 heteroatoms. The van der Waals surface area contributed by atoms with Gasteiger partial charge in [0.25, 0.3) is 11.8 Å². The summed E-state index contributed by atoms with van der Waals surface area (Å²) >= 11 is 0. The van der Waals surface area contributed by atoms with E-state index in [9.17, 15) is 14.4 Å². The van der Waals surface area contributed by atoms with Gasteiger partial charge in [0.1, 0.15) is 5.69 Å². The predicted molar refractivity (Wildman–Crippen MR) is 132 cm³/mol. The molecular weight excluding hydrogens is 442 g/mol. The van der Waals surface area contributed by atoms with Gasteiger partial charge < -0.3 is 5.32 Å². The minimum atomic E-state index is -0.493. The van der Waals surface area contributed by atoms with Gasteiger partial charge >= 0.3 is 0 Å². The van der Waals surface area contributed by atoms with Crippen molar-refractivity contribution in [1.82, 2.24) is 20.6 Å². The number of hydrogen-bond donors (Lipinski definition) is 3. The monoisotopic (exact) mass is 465 g/mol. The van der Waals surface area contributed by atoms with Gasteiger partial charge in [-0.2, -0.15) is 5.10 Å². The number of para-hydroxylation sites is 1. The van der Waals surface area contributed by atoms with E-state index in [1.807, 2.05) is 60.7 Å². The summed E-state index contributed by atoms with van der Waals surface area (Å²) in [6.07, 6.45) is 3.47. The molecule has 1 aromatic heterocycles. The molecule has 8 nitrogen and oxygen atoms in total. The molecule has 0 unspecified atom stereocenters. The van der Waals surface area contributed by atoms with Gasteiger partial charge in [-0.1, -0.05) is 48.5 Å². The van der Waals surface area contributed by atoms with Gasteiger partial charge in [0.05, 0.1) is 11.3 Å². The lowest BCUT2D eigenvalue weighted by Gasteiger charge is -2.09. The third-order valence-corrected chi connectivity index (χ3v) is 5.68. The van der Waals surface area contributed by atoms with Crippen molar-refractivity contribution in [2.45, 2.75) is 12.8 Å². The van der Waals surface area contributed by atoms with Gasteiger partial charge in [0, 0.05) is 28.9 Å². The van der Waals surface area contributed by atoms with E-state index in [2.05, 4.69) is 21.3 Å². The Morgan fingerprint density at radius 3 is 2.06 bits per heavy atom. The first-order chi connectivity index (χ1) is 17.1. The number of hydrogen-bond acceptors (Lipinski definition) is 4. The van der Waals surface area contributed by atoms with Crippen molar-refractivity contribution in [1.29, 1.82) is 0 Å². The molecule has 0 spiro atoms. The van der Waals surface area contributed by atoms with E-state index in [-0.39, 0.29) is 11.8 Å². The molecule has 1 aliphatic rings. The molecule has 174 valence electrons. The summed E-state index contributed by atoms with van der Waals surface area (Å²) in [5.41, 5.74) is 8.31. The largest absolute Gasteiger partial charge is 0.326 e. The van der Waals surface area contributed by atoms with Crippen LogP contribution in [0.4, 0.5) is 5.69 Å². The first-order valence-electron chi connectivity index (χ1n) is 11.3. The van der Waals surface area contributed by atoms with Crippen molar-refractivity contribution in [2.24, 2.45) is 5.92 Å². The summed E-state index contributed by atoms with van der Waals surface area (Å²) < 4.78 is 1.63. The predicted octanol–water partition coefficient (Wildman–Crippen LogP) is 3.96. The number of amides is 3. The molecule has 0 aliphatic heterocycles. The topological polar surface area (TPSA) is 105 Å². The number of hydrazine groups is 1. The molecule has 1 heterocycles. The summed E-state index contributed by atoms with van der Waals surface area (Å²) in [6.45, 7) is 0. The van der Waals surface area contributed by atoms with Crippen molar-refractivity contribution < 1.29 is 14.4 Å². The number of rotatable bonds is 6. The Labute approximate surface area is 201 Å². The molecule has 3 amide bonds. The fourth-order valence-corrected chi connectivity index (χ4v) is 3.61. The first kappa shape index (κ1) is 22.1. The molecule has 3 N–H and O–H groups in total. The standard InChI is InChI=1S/C27H23N5O3/c33-25(19-11-12-19)28-21-15-13-20(14-16-21)26(34)29-30-27(35)23-17-32(22-9-5-2-6-10-22)31-24(23)18-7-3-1-4-8-18/h1-10,13-17,19H,11-12H2,(H,28,33)(H,29,34)(H,30,35). The minimum absolute atomic E-state index is 0.000246. The normalized spacial score (nSPS) is 12.6. The highest BCUT2D eigenvalue weighted by Crippen LogP contribution is 2.30. The Kier molecular flexibility index (Phi) is 6.09. The lowest BCUT2D eigenvalue weighted by Crippen LogP contribution is -2.41. The van der Waals surface area contributed by atoms with E-state index in [1.165, 1.54) is 0 Å². The number of carbonyl (C=O) groups is 3. The summed E-state index contributed by atoms with van der Waals surface area (Å²) in [5, 5.41) is 7.45. The highest BCUT2D eigenvalue weighted by atomic mass is 16.2. The molecule has 0 bridgehead atoms. The van der Waals surface area contributed by atoms with Gasteiger partial charge in [-0.05, 0) is 49.2 Å². The van der Waals surface area contributed by atoms with E-state index in [1.54, 1.807) is 35.1 Å². The Morgan fingerprint density at radius 2 is 1.40 bits per heavy atom. The van der Waals surface area contributed by atoms with E-state index >= 15 is 0 Å². The highest BCUT2D eigenvalue weighted by Gasteiger charge is 2.29. The van der Waals surface area contributed by atoms with Crippen LogP contribution in [0, 0.1) is 5.92 Å². The fraction of sp³-hybridized carbons (Fsp3) is 0.111. The SMILES string of the molecule is O=C(NNC(=O)c1cn(-c2ccccc2)nc1-c1ccccc1)c1ccc(NC(=O)C2CC2)cc1. The second-order valence-corrected chi connectivity index (χ2v) is 8.29. The van der Waals surface area contributed by atoms with Crippen LogP contribution in [0.3, 0.4) is 0 Å². The average Bonchev–Trinajstić information content (AvgIpc) is 3.67. The molecule has 1 saturated carbocycles. The van der Waals surface area contributed by atoms with Gasteiger partial charge in [-0.3, -0.25) is 25.2 Å². The maximum absolute atomic E-state index is 13.0. The summed E-state index contributed by atoms with van der Waals surface area (Å²) in [5.74, 6) is -0.872. The van der Waals surface area contributed by atoms with Gasteiger partial charge in [0.15, 0.2) is 0 Å². The van der Waals surface area contributed by atoms with Crippen molar-refractivity contribution in [2.75, 3.05) is 5.32 Å². The summed E-state index contributed by atoms with van der Waals surface area (Å²) in [4.78, 5) is 37.5. The zero-order valence-corrected chi connectivity index (χ0v) is 18.8. The molecule has 1 aliphatic carbocycles.